The Morgan fingerprint density at radius 3 is 2.68 bits per heavy atom. The number of aromatic nitrogens is 1. The van der Waals surface area contributed by atoms with Crippen LogP contribution in [0.4, 0.5) is 0 Å². The number of halogens is 1. The Hall–Kier alpha value is -2.38. The Morgan fingerprint density at radius 1 is 1.20 bits per heavy atom. The monoisotopic (exact) mass is 379 g/mol. The summed E-state index contributed by atoms with van der Waals surface area (Å²) in [6.45, 7) is 2.00. The summed E-state index contributed by atoms with van der Waals surface area (Å²) >= 11 is 5.65. The summed E-state index contributed by atoms with van der Waals surface area (Å²) < 4.78 is 34.8. The Bertz CT molecular complexity index is 1070. The van der Waals surface area contributed by atoms with E-state index in [0.717, 1.165) is 30.0 Å². The van der Waals surface area contributed by atoms with E-state index in [4.69, 9.17) is 20.2 Å². The first-order valence-corrected chi connectivity index (χ1v) is 9.30. The molecular weight excluding hydrogens is 366 g/mol. The molecular formula is C17H14ClNO5S. The Morgan fingerprint density at radius 2 is 2.00 bits per heavy atom. The van der Waals surface area contributed by atoms with Gasteiger partial charge in [0.05, 0.1) is 6.20 Å². The van der Waals surface area contributed by atoms with E-state index in [1.807, 2.05) is 6.92 Å². The van der Waals surface area contributed by atoms with Crippen molar-refractivity contribution in [3.8, 4) is 5.75 Å². The Labute approximate surface area is 149 Å². The van der Waals surface area contributed by atoms with Gasteiger partial charge in [-0.2, -0.15) is 8.42 Å². The first kappa shape index (κ1) is 17.4. The summed E-state index contributed by atoms with van der Waals surface area (Å²) in [6, 6.07) is 8.68. The molecule has 0 bridgehead atoms. The second-order valence-electron chi connectivity index (χ2n) is 5.35. The predicted octanol–water partition coefficient (Wildman–Crippen LogP) is 3.56. The van der Waals surface area contributed by atoms with E-state index < -0.39 is 15.7 Å². The van der Waals surface area contributed by atoms with Gasteiger partial charge in [-0.05, 0) is 36.2 Å². The molecule has 0 saturated heterocycles. The first-order valence-electron chi connectivity index (χ1n) is 7.52. The van der Waals surface area contributed by atoms with Crippen LogP contribution in [0, 0.1) is 0 Å². The zero-order valence-corrected chi connectivity index (χ0v) is 14.8. The van der Waals surface area contributed by atoms with Crippen LogP contribution in [0.25, 0.3) is 11.0 Å². The van der Waals surface area contributed by atoms with Crippen LogP contribution in [0.3, 0.4) is 0 Å². The van der Waals surface area contributed by atoms with Crippen LogP contribution in [0.2, 0.25) is 5.15 Å². The molecule has 0 saturated carbocycles. The van der Waals surface area contributed by atoms with Crippen LogP contribution in [0.15, 0.2) is 56.7 Å². The number of pyridine rings is 1. The summed E-state index contributed by atoms with van der Waals surface area (Å²) in [6.07, 6.45) is 2.70. The fraction of sp³-hybridized carbons (Fsp3) is 0.176. The van der Waals surface area contributed by atoms with Crippen molar-refractivity contribution < 1.29 is 17.0 Å². The average Bonchev–Trinajstić information content (AvgIpc) is 2.54. The molecule has 25 heavy (non-hydrogen) atoms. The van der Waals surface area contributed by atoms with Gasteiger partial charge in [0.1, 0.15) is 21.4 Å². The van der Waals surface area contributed by atoms with E-state index in [2.05, 4.69) is 4.98 Å². The second-order valence-corrected chi connectivity index (χ2v) is 7.29. The summed E-state index contributed by atoms with van der Waals surface area (Å²) in [7, 11) is -4.07. The van der Waals surface area contributed by atoms with Gasteiger partial charge in [-0.15, -0.1) is 0 Å². The lowest BCUT2D eigenvalue weighted by molar-refractivity contribution is 0.484. The number of benzene rings is 1. The topological polar surface area (TPSA) is 86.5 Å². The van der Waals surface area contributed by atoms with Crippen molar-refractivity contribution in [3.63, 3.8) is 0 Å². The molecule has 2 aromatic heterocycles. The van der Waals surface area contributed by atoms with Crippen LogP contribution >= 0.6 is 11.6 Å². The van der Waals surface area contributed by atoms with E-state index in [0.29, 0.717) is 0 Å². The lowest BCUT2D eigenvalue weighted by Gasteiger charge is -2.09. The molecule has 0 atom stereocenters. The van der Waals surface area contributed by atoms with Crippen LogP contribution in [0.1, 0.15) is 18.9 Å². The van der Waals surface area contributed by atoms with Gasteiger partial charge in [0.25, 0.3) is 0 Å². The minimum Gasteiger partial charge on any atom is -0.423 e. The van der Waals surface area contributed by atoms with Crippen molar-refractivity contribution in [2.75, 3.05) is 0 Å². The van der Waals surface area contributed by atoms with Gasteiger partial charge in [-0.3, -0.25) is 0 Å². The fourth-order valence-corrected chi connectivity index (χ4v) is 3.40. The molecule has 0 aliphatic heterocycles. The van der Waals surface area contributed by atoms with Gasteiger partial charge in [0.15, 0.2) is 0 Å². The standard InChI is InChI=1S/C17H14ClNO5S/c1-2-3-11-8-17(20)23-15-9-12(4-6-14(11)15)24-25(21,22)13-5-7-16(18)19-10-13/h4-10H,2-3H2,1H3. The molecule has 3 rings (SSSR count). The minimum absolute atomic E-state index is 0.0410. The first-order chi connectivity index (χ1) is 11.9. The molecule has 130 valence electrons. The highest BCUT2D eigenvalue weighted by Gasteiger charge is 2.18. The van der Waals surface area contributed by atoms with E-state index in [1.165, 1.54) is 30.3 Å². The SMILES string of the molecule is CCCc1cc(=O)oc2cc(OS(=O)(=O)c3ccc(Cl)nc3)ccc12. The van der Waals surface area contributed by atoms with Crippen molar-refractivity contribution in [1.29, 1.82) is 0 Å². The smallest absolute Gasteiger partial charge is 0.340 e. The Kier molecular flexibility index (Phi) is 4.78. The van der Waals surface area contributed by atoms with Crippen LogP contribution < -0.4 is 9.81 Å². The van der Waals surface area contributed by atoms with Crippen molar-refractivity contribution in [1.82, 2.24) is 4.98 Å². The van der Waals surface area contributed by atoms with Crippen molar-refractivity contribution in [2.45, 2.75) is 24.7 Å². The molecule has 0 spiro atoms. The minimum atomic E-state index is -4.07. The number of hydrogen-bond acceptors (Lipinski definition) is 6. The highest BCUT2D eigenvalue weighted by Crippen LogP contribution is 2.26. The van der Waals surface area contributed by atoms with E-state index in [9.17, 15) is 13.2 Å². The molecule has 0 N–H and O–H groups in total. The molecule has 3 aromatic rings. The van der Waals surface area contributed by atoms with Crippen molar-refractivity contribution in [3.05, 3.63) is 63.7 Å². The van der Waals surface area contributed by atoms with Gasteiger partial charge in [-0.25, -0.2) is 9.78 Å². The van der Waals surface area contributed by atoms with Crippen LogP contribution in [-0.4, -0.2) is 13.4 Å². The molecule has 0 radical (unpaired) electrons. The quantitative estimate of drug-likeness (QED) is 0.382. The summed E-state index contributed by atoms with van der Waals surface area (Å²) in [4.78, 5) is 15.3. The summed E-state index contributed by atoms with van der Waals surface area (Å²) in [5.74, 6) is 0.0410. The molecule has 2 heterocycles. The predicted molar refractivity (Wildman–Crippen MR) is 93.5 cm³/mol. The number of fused-ring (bicyclic) bond motifs is 1. The third-order valence-corrected chi connectivity index (χ3v) is 4.97. The molecule has 1 aromatic carbocycles. The van der Waals surface area contributed by atoms with Gasteiger partial charge >= 0.3 is 15.7 Å². The van der Waals surface area contributed by atoms with Crippen LogP contribution in [-0.2, 0) is 16.5 Å². The molecule has 0 aliphatic rings. The Balaban J connectivity index is 1.99. The number of rotatable bonds is 5. The van der Waals surface area contributed by atoms with E-state index in [1.54, 1.807) is 6.07 Å². The van der Waals surface area contributed by atoms with Crippen LogP contribution in [0.5, 0.6) is 5.75 Å². The number of aryl methyl sites for hydroxylation is 1. The summed E-state index contributed by atoms with van der Waals surface area (Å²) in [5.41, 5.74) is 0.640. The molecule has 8 heteroatoms. The number of nitrogens with zero attached hydrogens (tertiary/aromatic N) is 1. The van der Waals surface area contributed by atoms with Crippen molar-refractivity contribution in [2.24, 2.45) is 0 Å². The maximum absolute atomic E-state index is 12.3. The average molecular weight is 380 g/mol. The molecule has 0 amide bonds. The van der Waals surface area contributed by atoms with Gasteiger partial charge < -0.3 is 8.60 Å². The van der Waals surface area contributed by atoms with Gasteiger partial charge in [0, 0.05) is 17.5 Å². The van der Waals surface area contributed by atoms with E-state index in [-0.39, 0.29) is 21.4 Å². The molecule has 0 aliphatic carbocycles. The molecule has 0 unspecified atom stereocenters. The second kappa shape index (κ2) is 6.85. The maximum atomic E-state index is 12.3. The summed E-state index contributed by atoms with van der Waals surface area (Å²) in [5, 5.41) is 0.925. The normalized spacial score (nSPS) is 11.6. The maximum Gasteiger partial charge on any atom is 0.340 e. The highest BCUT2D eigenvalue weighted by atomic mass is 35.5. The van der Waals surface area contributed by atoms with Gasteiger partial charge in [-0.1, -0.05) is 24.9 Å². The van der Waals surface area contributed by atoms with Gasteiger partial charge in [0.2, 0.25) is 0 Å². The zero-order valence-electron chi connectivity index (χ0n) is 13.2. The third kappa shape index (κ3) is 3.83. The molecule has 6 nitrogen and oxygen atoms in total. The zero-order chi connectivity index (χ0) is 18.0. The lowest BCUT2D eigenvalue weighted by Crippen LogP contribution is -2.10. The molecule has 0 fully saturated rings. The highest BCUT2D eigenvalue weighted by molar-refractivity contribution is 7.87. The third-order valence-electron chi connectivity index (χ3n) is 3.52. The fourth-order valence-electron chi connectivity index (χ4n) is 2.42. The largest absolute Gasteiger partial charge is 0.423 e. The number of hydrogen-bond donors (Lipinski definition) is 0. The lowest BCUT2D eigenvalue weighted by atomic mass is 10.1. The van der Waals surface area contributed by atoms with Crippen molar-refractivity contribution >= 4 is 32.7 Å². The van der Waals surface area contributed by atoms with E-state index >= 15 is 0 Å².